The molecule has 0 aliphatic rings. The molecule has 0 radical (unpaired) electrons. The van der Waals surface area contributed by atoms with Crippen LogP contribution in [0.5, 0.6) is 11.5 Å². The predicted molar refractivity (Wildman–Crippen MR) is 81.1 cm³/mol. The molecule has 112 valence electrons. The van der Waals surface area contributed by atoms with Crippen LogP contribution in [0, 0.1) is 5.82 Å². The lowest BCUT2D eigenvalue weighted by atomic mass is 10.1. The quantitative estimate of drug-likeness (QED) is 0.850. The van der Waals surface area contributed by atoms with Gasteiger partial charge < -0.3 is 15.2 Å². The Labute approximate surface area is 124 Å². The minimum atomic E-state index is -0.267. The van der Waals surface area contributed by atoms with Crippen molar-refractivity contribution in [3.05, 3.63) is 59.4 Å². The largest absolute Gasteiger partial charge is 0.490 e. The second-order valence-corrected chi connectivity index (χ2v) is 4.63. The number of benzene rings is 2. The van der Waals surface area contributed by atoms with Gasteiger partial charge >= 0.3 is 0 Å². The van der Waals surface area contributed by atoms with E-state index in [0.29, 0.717) is 37.7 Å². The molecule has 4 heteroatoms. The SMILES string of the molecule is CCOc1cccc(CCN)c1OCc1cccc(F)c1. The van der Waals surface area contributed by atoms with E-state index in [1.807, 2.05) is 31.2 Å². The van der Waals surface area contributed by atoms with Crippen LogP contribution in [0.4, 0.5) is 4.39 Å². The van der Waals surface area contributed by atoms with Crippen molar-refractivity contribution in [1.82, 2.24) is 0 Å². The van der Waals surface area contributed by atoms with Crippen molar-refractivity contribution in [3.8, 4) is 11.5 Å². The van der Waals surface area contributed by atoms with Crippen LogP contribution in [0.25, 0.3) is 0 Å². The third-order valence-electron chi connectivity index (χ3n) is 3.05. The Kier molecular flexibility index (Phi) is 5.58. The van der Waals surface area contributed by atoms with E-state index < -0.39 is 0 Å². The predicted octanol–water partition coefficient (Wildman–Crippen LogP) is 3.30. The molecule has 0 unspecified atom stereocenters. The molecule has 0 saturated heterocycles. The van der Waals surface area contributed by atoms with Gasteiger partial charge in [0.05, 0.1) is 6.61 Å². The number of para-hydroxylation sites is 1. The summed E-state index contributed by atoms with van der Waals surface area (Å²) in [5.74, 6) is 1.12. The zero-order chi connectivity index (χ0) is 15.1. The number of nitrogens with two attached hydrogens (primary N) is 1. The molecule has 2 aromatic rings. The Morgan fingerprint density at radius 3 is 2.62 bits per heavy atom. The minimum absolute atomic E-state index is 0.267. The summed E-state index contributed by atoms with van der Waals surface area (Å²) in [6.45, 7) is 3.31. The van der Waals surface area contributed by atoms with Gasteiger partial charge in [-0.1, -0.05) is 24.3 Å². The molecule has 2 rings (SSSR count). The third kappa shape index (κ3) is 4.20. The van der Waals surface area contributed by atoms with Crippen LogP contribution in [0.15, 0.2) is 42.5 Å². The number of halogens is 1. The molecule has 21 heavy (non-hydrogen) atoms. The van der Waals surface area contributed by atoms with E-state index in [4.69, 9.17) is 15.2 Å². The normalized spacial score (nSPS) is 10.4. The number of hydrogen-bond acceptors (Lipinski definition) is 3. The van der Waals surface area contributed by atoms with Crippen molar-refractivity contribution < 1.29 is 13.9 Å². The Morgan fingerprint density at radius 1 is 1.10 bits per heavy atom. The fraction of sp³-hybridized carbons (Fsp3) is 0.294. The molecule has 2 N–H and O–H groups in total. The van der Waals surface area contributed by atoms with Crippen LogP contribution < -0.4 is 15.2 Å². The van der Waals surface area contributed by atoms with Gasteiger partial charge in [0.1, 0.15) is 12.4 Å². The summed E-state index contributed by atoms with van der Waals surface area (Å²) in [6.07, 6.45) is 0.708. The van der Waals surface area contributed by atoms with E-state index in [1.165, 1.54) is 12.1 Å². The standard InChI is InChI=1S/C17H20FNO2/c1-2-20-16-8-4-6-14(9-10-19)17(16)21-12-13-5-3-7-15(18)11-13/h3-8,11H,2,9-10,12,19H2,1H3. The molecule has 0 aliphatic carbocycles. The Hall–Kier alpha value is -2.07. The summed E-state index contributed by atoms with van der Waals surface area (Å²) in [6, 6.07) is 12.1. The van der Waals surface area contributed by atoms with Crippen molar-refractivity contribution in [2.75, 3.05) is 13.2 Å². The fourth-order valence-corrected chi connectivity index (χ4v) is 2.13. The molecule has 0 bridgehead atoms. The zero-order valence-electron chi connectivity index (χ0n) is 12.1. The minimum Gasteiger partial charge on any atom is -0.490 e. The lowest BCUT2D eigenvalue weighted by Crippen LogP contribution is -2.07. The van der Waals surface area contributed by atoms with Gasteiger partial charge in [-0.3, -0.25) is 0 Å². The smallest absolute Gasteiger partial charge is 0.164 e. The van der Waals surface area contributed by atoms with Crippen molar-refractivity contribution in [1.29, 1.82) is 0 Å². The molecule has 0 fully saturated rings. The fourth-order valence-electron chi connectivity index (χ4n) is 2.13. The monoisotopic (exact) mass is 289 g/mol. The summed E-state index contributed by atoms with van der Waals surface area (Å²) in [5, 5.41) is 0. The van der Waals surface area contributed by atoms with Crippen LogP contribution in [0.1, 0.15) is 18.1 Å². The first-order valence-electron chi connectivity index (χ1n) is 7.06. The van der Waals surface area contributed by atoms with Gasteiger partial charge in [-0.05, 0) is 49.2 Å². The molecule has 0 heterocycles. The molecular weight excluding hydrogens is 269 g/mol. The molecule has 0 aliphatic heterocycles. The van der Waals surface area contributed by atoms with Crippen molar-refractivity contribution in [2.45, 2.75) is 20.0 Å². The molecule has 0 saturated carbocycles. The Bertz CT molecular complexity index is 563. The number of rotatable bonds is 7. The average molecular weight is 289 g/mol. The summed E-state index contributed by atoms with van der Waals surface area (Å²) in [7, 11) is 0. The third-order valence-corrected chi connectivity index (χ3v) is 3.05. The maximum absolute atomic E-state index is 13.2. The first-order chi connectivity index (χ1) is 10.2. The van der Waals surface area contributed by atoms with Crippen LogP contribution in [-0.4, -0.2) is 13.2 Å². The first kappa shape index (κ1) is 15.3. The molecule has 3 nitrogen and oxygen atoms in total. The maximum atomic E-state index is 13.2. The van der Waals surface area contributed by atoms with Gasteiger partial charge in [-0.2, -0.15) is 0 Å². The van der Waals surface area contributed by atoms with Gasteiger partial charge in [-0.25, -0.2) is 4.39 Å². The highest BCUT2D eigenvalue weighted by Crippen LogP contribution is 2.32. The van der Waals surface area contributed by atoms with Crippen LogP contribution >= 0.6 is 0 Å². The highest BCUT2D eigenvalue weighted by molar-refractivity contribution is 5.47. The number of hydrogen-bond donors (Lipinski definition) is 1. The topological polar surface area (TPSA) is 44.5 Å². The molecule has 2 aromatic carbocycles. The number of ether oxygens (including phenoxy) is 2. The van der Waals surface area contributed by atoms with Gasteiger partial charge in [0, 0.05) is 0 Å². The average Bonchev–Trinajstić information content (AvgIpc) is 2.47. The zero-order valence-corrected chi connectivity index (χ0v) is 12.1. The van der Waals surface area contributed by atoms with Crippen LogP contribution in [-0.2, 0) is 13.0 Å². The summed E-state index contributed by atoms with van der Waals surface area (Å²) in [5.41, 5.74) is 7.41. The highest BCUT2D eigenvalue weighted by atomic mass is 19.1. The lowest BCUT2D eigenvalue weighted by Gasteiger charge is -2.15. The van der Waals surface area contributed by atoms with E-state index in [2.05, 4.69) is 0 Å². The van der Waals surface area contributed by atoms with E-state index in [0.717, 1.165) is 11.1 Å². The second kappa shape index (κ2) is 7.64. The highest BCUT2D eigenvalue weighted by Gasteiger charge is 2.11. The Balaban J connectivity index is 2.20. The molecule has 0 spiro atoms. The van der Waals surface area contributed by atoms with E-state index in [1.54, 1.807) is 6.07 Å². The van der Waals surface area contributed by atoms with Crippen LogP contribution in [0.3, 0.4) is 0 Å². The van der Waals surface area contributed by atoms with Gasteiger partial charge in [0.25, 0.3) is 0 Å². The van der Waals surface area contributed by atoms with Crippen LogP contribution in [0.2, 0.25) is 0 Å². The summed E-state index contributed by atoms with van der Waals surface area (Å²) in [4.78, 5) is 0. The summed E-state index contributed by atoms with van der Waals surface area (Å²) >= 11 is 0. The van der Waals surface area contributed by atoms with Crippen molar-refractivity contribution in [3.63, 3.8) is 0 Å². The molecule has 0 aromatic heterocycles. The first-order valence-corrected chi connectivity index (χ1v) is 7.06. The maximum Gasteiger partial charge on any atom is 0.164 e. The van der Waals surface area contributed by atoms with Gasteiger partial charge in [0.2, 0.25) is 0 Å². The second-order valence-electron chi connectivity index (χ2n) is 4.63. The van der Waals surface area contributed by atoms with E-state index in [-0.39, 0.29) is 5.82 Å². The molecule has 0 amide bonds. The van der Waals surface area contributed by atoms with Gasteiger partial charge in [0.15, 0.2) is 11.5 Å². The molecular formula is C17H20FNO2. The van der Waals surface area contributed by atoms with Gasteiger partial charge in [-0.15, -0.1) is 0 Å². The van der Waals surface area contributed by atoms with E-state index in [9.17, 15) is 4.39 Å². The summed E-state index contributed by atoms with van der Waals surface area (Å²) < 4.78 is 24.7. The Morgan fingerprint density at radius 2 is 1.90 bits per heavy atom. The van der Waals surface area contributed by atoms with Crippen molar-refractivity contribution >= 4 is 0 Å². The lowest BCUT2D eigenvalue weighted by molar-refractivity contribution is 0.266. The van der Waals surface area contributed by atoms with E-state index >= 15 is 0 Å². The van der Waals surface area contributed by atoms with Crippen molar-refractivity contribution in [2.24, 2.45) is 5.73 Å². The molecule has 0 atom stereocenters.